The standard InChI is InChI=1S/C35H42F2N8O5.C34H41F2N9O5.C29H35F2N9O4/c1-41(2)13-5-6-29(46)43-14-11-26(12-15-43)45-33-23(22-44(35(45)47)32-30(36)27(48-3)20-28(49-4)31(32)37)21-38-34(40-33)39-24-7-9-25(10-8-24)42-16-18-50-19-17-42;1-41(2)11-5-6-28(46)43-12-9-23(10-13-43)45-32-22(21-44(34(45)47)31-29(35)25(48-3)18-26(49-4)30(31)36)19-38-33(40-32)39-27-8-7-24(20-37-27)42-14-16-50-17-15-42;1-36(2)11-6-7-23(41)38-13-8-19(9-14-38)40-27-18(16-32-28(34-27)33-22-10-12-37(3)35-22)17-39(29(40)42)26-24(30)20(43-4)15-21(44-5)25(26)31/h5-10,20-21,26H,11-19,22H2,1-4H3,(H,38,39,40);5-8,18-20,23H,9-17,21H2,1-4H3,(H,37,38,39,40);6-7,10,12,15-16,19H,8-9,11,13-14,17H2,1-5H3,(H,32,33,34,35)/b2*6-5+;7-6+. The summed E-state index contributed by atoms with van der Waals surface area (Å²) in [6, 6.07) is 13.4. The molecule has 40 nitrogen and oxygen atoms in total. The first-order valence-electron chi connectivity index (χ1n) is 47.0. The molecule has 0 radical (unpaired) electrons. The predicted molar refractivity (Wildman–Crippen MR) is 528 cm³/mol. The number of morpholine rings is 2. The lowest BCUT2D eigenvalue weighted by molar-refractivity contribution is -0.127. The third kappa shape index (κ3) is 23.5. The molecule has 17 rings (SSSR count). The second kappa shape index (κ2) is 46.9. The third-order valence-corrected chi connectivity index (χ3v) is 25.4. The van der Waals surface area contributed by atoms with Gasteiger partial charge in [-0.15, -0.1) is 0 Å². The summed E-state index contributed by atoms with van der Waals surface area (Å²) < 4.78 is 138. The van der Waals surface area contributed by atoms with Gasteiger partial charge in [0.1, 0.15) is 40.3 Å². The fraction of sp³-hybridized carbons (Fsp3) is 0.429. The number of aryl methyl sites for hydroxylation is 1. The number of likely N-dealkylation sites (tertiary alicyclic amines) is 3. The average molecular weight is 2000 g/mol. The number of anilines is 14. The number of urea groups is 3. The Bertz CT molecular complexity index is 5860. The maximum Gasteiger partial charge on any atom is 0.330 e. The number of hydrogen-bond donors (Lipinski definition) is 3. The van der Waals surface area contributed by atoms with Gasteiger partial charge in [0.2, 0.25) is 35.6 Å². The van der Waals surface area contributed by atoms with Crippen molar-refractivity contribution in [2.75, 3.05) is 252 Å². The number of fused-ring (bicyclic) bond motifs is 3. The summed E-state index contributed by atoms with van der Waals surface area (Å²) in [5, 5.41) is 13.7. The molecule has 3 N–H and O–H groups in total. The van der Waals surface area contributed by atoms with Crippen molar-refractivity contribution < 1.29 is 93.0 Å². The molecule has 9 amide bonds. The van der Waals surface area contributed by atoms with Crippen LogP contribution in [0.1, 0.15) is 55.2 Å². The van der Waals surface area contributed by atoms with E-state index < -0.39 is 88.2 Å². The van der Waals surface area contributed by atoms with Crippen LogP contribution in [0.4, 0.5) is 122 Å². The van der Waals surface area contributed by atoms with Gasteiger partial charge in [-0.3, -0.25) is 48.5 Å². The summed E-state index contributed by atoms with van der Waals surface area (Å²) in [4.78, 5) is 136. The van der Waals surface area contributed by atoms with E-state index in [4.69, 9.17) is 47.9 Å². The number of piperidine rings is 3. The van der Waals surface area contributed by atoms with Crippen LogP contribution in [0.15, 0.2) is 128 Å². The Balaban J connectivity index is 0.000000163. The number of carbonyl (C=O) groups excluding carboxylic acids is 6. The highest BCUT2D eigenvalue weighted by molar-refractivity contribution is 6.09. The Hall–Kier alpha value is -14.9. The molecule has 0 unspecified atom stereocenters. The SMILES string of the molecule is COc1cc(OC)c(F)c(N2Cc3cnc(Nc4ccc(N5CCOCC5)cc4)nc3N(C3CCN(C(=O)/C=C/CN(C)C)CC3)C2=O)c1F.COc1cc(OC)c(F)c(N2Cc3cnc(Nc4ccc(N5CCOCC5)cn4)nc3N(C3CCN(C(=O)/C=C/CN(C)C)CC3)C2=O)c1F.COc1cc(OC)c(F)c(N2Cc3cnc(Nc4ccn(C)n4)nc3N(C3CCN(C(=O)/C=C/CN(C)C)CC3)C2=O)c1F. The maximum atomic E-state index is 15.8. The molecule has 144 heavy (non-hydrogen) atoms. The van der Waals surface area contributed by atoms with E-state index in [9.17, 15) is 28.8 Å². The van der Waals surface area contributed by atoms with Crippen molar-refractivity contribution in [3.8, 4) is 34.5 Å². The number of amides is 9. The number of halogens is 6. The minimum Gasteiger partial charge on any atom is -0.493 e. The zero-order chi connectivity index (χ0) is 102. The molecule has 4 aromatic carbocycles. The molecule has 5 fully saturated rings. The highest BCUT2D eigenvalue weighted by Gasteiger charge is 2.47. The number of ether oxygens (including phenoxy) is 8. The minimum atomic E-state index is -1.04. The van der Waals surface area contributed by atoms with E-state index in [1.807, 2.05) is 99.5 Å². The number of hydrogen-bond acceptors (Lipinski definition) is 30. The Kier molecular flexibility index (Phi) is 33.7. The second-order valence-corrected chi connectivity index (χ2v) is 35.7. The second-order valence-electron chi connectivity index (χ2n) is 35.7. The van der Waals surface area contributed by atoms with Gasteiger partial charge in [-0.1, -0.05) is 18.2 Å². The first-order valence-corrected chi connectivity index (χ1v) is 47.0. The van der Waals surface area contributed by atoms with Gasteiger partial charge in [-0.2, -0.15) is 20.1 Å². The van der Waals surface area contributed by atoms with E-state index in [1.54, 1.807) is 81.5 Å². The van der Waals surface area contributed by atoms with Gasteiger partial charge in [0.05, 0.1) is 101 Å². The van der Waals surface area contributed by atoms with Gasteiger partial charge in [0.15, 0.2) is 75.2 Å². The van der Waals surface area contributed by atoms with Crippen LogP contribution < -0.4 is 83.6 Å². The smallest absolute Gasteiger partial charge is 0.330 e. The van der Waals surface area contributed by atoms with Crippen LogP contribution in [0.25, 0.3) is 0 Å². The van der Waals surface area contributed by atoms with Gasteiger partial charge in [-0.25, -0.2) is 60.7 Å². The Labute approximate surface area is 829 Å². The van der Waals surface area contributed by atoms with Crippen molar-refractivity contribution in [3.05, 3.63) is 180 Å². The van der Waals surface area contributed by atoms with Crippen LogP contribution in [0.3, 0.4) is 0 Å². The monoisotopic (exact) mass is 2000 g/mol. The first-order chi connectivity index (χ1) is 69.5. The fourth-order valence-electron chi connectivity index (χ4n) is 17.9. The van der Waals surface area contributed by atoms with Gasteiger partial charge in [0, 0.05) is 206 Å². The lowest BCUT2D eigenvalue weighted by Crippen LogP contribution is -2.56. The summed E-state index contributed by atoms with van der Waals surface area (Å²) in [6.07, 6.45) is 20.7. The molecule has 8 aliphatic heterocycles. The molecule has 0 bridgehead atoms. The summed E-state index contributed by atoms with van der Waals surface area (Å²) >= 11 is 0. The zero-order valence-electron chi connectivity index (χ0n) is 82.5. The van der Waals surface area contributed by atoms with E-state index in [2.05, 4.69) is 55.8 Å². The predicted octanol–water partition coefficient (Wildman–Crippen LogP) is 11.5. The number of carbonyl (C=O) groups is 6. The van der Waals surface area contributed by atoms with E-state index in [1.165, 1.54) is 69.8 Å². The molecule has 9 aromatic rings. The normalized spacial score (nSPS) is 16.7. The number of pyridine rings is 1. The summed E-state index contributed by atoms with van der Waals surface area (Å²) in [5.74, 6) is -5.62. The number of rotatable bonds is 29. The Morgan fingerprint density at radius 2 is 0.701 bits per heavy atom. The number of nitrogens with one attached hydrogen (secondary N) is 3. The van der Waals surface area contributed by atoms with Crippen molar-refractivity contribution >= 4 is 117 Å². The van der Waals surface area contributed by atoms with Gasteiger partial charge < -0.3 is 93.0 Å². The zero-order valence-corrected chi connectivity index (χ0v) is 82.5. The number of methoxy groups -OCH3 is 6. The largest absolute Gasteiger partial charge is 0.493 e. The van der Waals surface area contributed by atoms with Crippen LogP contribution >= 0.6 is 0 Å². The molecule has 0 saturated carbocycles. The molecule has 0 atom stereocenters. The molecule has 766 valence electrons. The van der Waals surface area contributed by atoms with Crippen molar-refractivity contribution in [3.63, 3.8) is 0 Å². The first kappa shape index (κ1) is 103. The van der Waals surface area contributed by atoms with Crippen LogP contribution in [0.5, 0.6) is 34.5 Å². The molecule has 5 saturated heterocycles. The molecule has 0 aliphatic carbocycles. The molecular formula is C98H118F6N26O14. The number of nitrogens with zero attached hydrogens (tertiary/aromatic N) is 23. The summed E-state index contributed by atoms with van der Waals surface area (Å²) in [5.41, 5.74) is 2.43. The Morgan fingerprint density at radius 3 is 0.993 bits per heavy atom. The fourth-order valence-corrected chi connectivity index (χ4v) is 17.9. The minimum absolute atomic E-state index is 0.113. The highest BCUT2D eigenvalue weighted by Crippen LogP contribution is 2.47. The Morgan fingerprint density at radius 1 is 0.396 bits per heavy atom. The van der Waals surface area contributed by atoms with Crippen LogP contribution in [0, 0.1) is 34.9 Å². The molecule has 13 heterocycles. The van der Waals surface area contributed by atoms with Crippen molar-refractivity contribution in [2.24, 2.45) is 7.05 Å². The molecule has 0 spiro atoms. The molecule has 8 aliphatic rings. The maximum absolute atomic E-state index is 15.8. The third-order valence-electron chi connectivity index (χ3n) is 25.4. The number of likely N-dealkylation sites (N-methyl/N-ethyl adjacent to an activating group) is 3. The van der Waals surface area contributed by atoms with Gasteiger partial charge in [-0.05, 0) is 117 Å². The van der Waals surface area contributed by atoms with Crippen molar-refractivity contribution in [1.29, 1.82) is 0 Å². The highest BCUT2D eigenvalue weighted by atomic mass is 19.2. The number of benzene rings is 4. The topological polar surface area (TPSA) is 366 Å². The van der Waals surface area contributed by atoms with Crippen LogP contribution in [0.2, 0.25) is 0 Å². The summed E-state index contributed by atoms with van der Waals surface area (Å²) in [6.45, 7) is 9.44. The van der Waals surface area contributed by atoms with E-state index in [-0.39, 0.29) is 89.7 Å². The molecular weight excluding hydrogens is 1880 g/mol. The summed E-state index contributed by atoms with van der Waals surface area (Å²) in [7, 11) is 20.8. The van der Waals surface area contributed by atoms with Crippen LogP contribution in [-0.2, 0) is 50.5 Å². The lowest BCUT2D eigenvalue weighted by Gasteiger charge is -2.43. The molecule has 5 aromatic heterocycles. The van der Waals surface area contributed by atoms with E-state index in [0.29, 0.717) is 170 Å². The van der Waals surface area contributed by atoms with Crippen molar-refractivity contribution in [2.45, 2.75) is 76.3 Å². The van der Waals surface area contributed by atoms with E-state index in [0.717, 1.165) is 76.1 Å². The van der Waals surface area contributed by atoms with Crippen molar-refractivity contribution in [1.82, 2.24) is 74.1 Å². The van der Waals surface area contributed by atoms with Crippen LogP contribution in [-0.4, -0.2) is 324 Å². The number of aromatic nitrogens is 9. The van der Waals surface area contributed by atoms with Gasteiger partial charge >= 0.3 is 18.1 Å². The quantitative estimate of drug-likeness (QED) is 0.0289. The average Bonchev–Trinajstić information content (AvgIpc) is 0.784. The lowest BCUT2D eigenvalue weighted by atomic mass is 10.0. The molecule has 46 heteroatoms. The van der Waals surface area contributed by atoms with E-state index >= 15 is 26.3 Å². The van der Waals surface area contributed by atoms with Gasteiger partial charge in [0.25, 0.3) is 0 Å².